The maximum atomic E-state index is 12.5. The van der Waals surface area contributed by atoms with Gasteiger partial charge in [-0.15, -0.1) is 0 Å². The number of nitrogen functional groups attached to an aromatic ring is 1. The number of nitrogens with zero attached hydrogens (tertiary/aromatic N) is 1. The van der Waals surface area contributed by atoms with Crippen molar-refractivity contribution in [3.8, 4) is 0 Å². The summed E-state index contributed by atoms with van der Waals surface area (Å²) in [5.74, 6) is 2.44. The Bertz CT molecular complexity index is 630. The van der Waals surface area contributed by atoms with Gasteiger partial charge < -0.3 is 11.1 Å². The van der Waals surface area contributed by atoms with Gasteiger partial charge in [0.25, 0.3) is 5.91 Å². The molecule has 1 unspecified atom stereocenters. The van der Waals surface area contributed by atoms with Crippen LogP contribution in [0.15, 0.2) is 30.3 Å². The Morgan fingerprint density at radius 1 is 1.43 bits per heavy atom. The first kappa shape index (κ1) is 15.6. The molecule has 0 aliphatic rings. The van der Waals surface area contributed by atoms with Gasteiger partial charge in [0.05, 0.1) is 11.1 Å². The van der Waals surface area contributed by atoms with Crippen LogP contribution in [0.5, 0.6) is 0 Å². The molecule has 5 heteroatoms. The second-order valence-electron chi connectivity index (χ2n) is 4.97. The van der Waals surface area contributed by atoms with Crippen molar-refractivity contribution >= 4 is 34.4 Å². The molecule has 0 saturated heterocycles. The number of pyridine rings is 1. The van der Waals surface area contributed by atoms with E-state index in [9.17, 15) is 4.79 Å². The molecule has 21 heavy (non-hydrogen) atoms. The molecule has 0 aliphatic heterocycles. The zero-order valence-corrected chi connectivity index (χ0v) is 13.2. The summed E-state index contributed by atoms with van der Waals surface area (Å²) >= 11 is 1.88. The highest BCUT2D eigenvalue weighted by Crippen LogP contribution is 2.19. The summed E-state index contributed by atoms with van der Waals surface area (Å²) in [5.41, 5.74) is 7.13. The third-order valence-corrected chi connectivity index (χ3v) is 4.19. The van der Waals surface area contributed by atoms with Crippen LogP contribution in [0.1, 0.15) is 30.6 Å². The van der Waals surface area contributed by atoms with Gasteiger partial charge in [-0.05, 0) is 37.0 Å². The van der Waals surface area contributed by atoms with Gasteiger partial charge in [0.2, 0.25) is 0 Å². The van der Waals surface area contributed by atoms with E-state index in [0.29, 0.717) is 11.4 Å². The summed E-state index contributed by atoms with van der Waals surface area (Å²) in [6, 6.07) is 9.34. The Labute approximate surface area is 129 Å². The van der Waals surface area contributed by atoms with E-state index >= 15 is 0 Å². The number of benzene rings is 1. The lowest BCUT2D eigenvalue weighted by Gasteiger charge is -2.14. The fraction of sp³-hybridized carbons (Fsp3) is 0.375. The standard InChI is InChI=1S/C16H21N3OS/c1-3-21-9-8-11(2)18-16(20)13-10-15(17)19-14-7-5-4-6-12(13)14/h4-7,10-11H,3,8-9H2,1-2H3,(H2,17,19)(H,18,20). The summed E-state index contributed by atoms with van der Waals surface area (Å²) < 4.78 is 0. The predicted octanol–water partition coefficient (Wildman–Crippen LogP) is 3.08. The van der Waals surface area contributed by atoms with Gasteiger partial charge in [0.1, 0.15) is 5.82 Å². The molecule has 112 valence electrons. The van der Waals surface area contributed by atoms with Gasteiger partial charge >= 0.3 is 0 Å². The number of aromatic nitrogens is 1. The van der Waals surface area contributed by atoms with Crippen molar-refractivity contribution in [2.24, 2.45) is 0 Å². The number of nitrogens with two attached hydrogens (primary N) is 1. The average Bonchev–Trinajstić information content (AvgIpc) is 2.46. The SMILES string of the molecule is CCSCCC(C)NC(=O)c1cc(N)nc2ccccc12. The van der Waals surface area contributed by atoms with E-state index in [-0.39, 0.29) is 11.9 Å². The van der Waals surface area contributed by atoms with E-state index < -0.39 is 0 Å². The smallest absolute Gasteiger partial charge is 0.252 e. The molecule has 1 aromatic heterocycles. The number of nitrogens with one attached hydrogen (secondary N) is 1. The number of carbonyl (C=O) groups excluding carboxylic acids is 1. The van der Waals surface area contributed by atoms with E-state index in [0.717, 1.165) is 28.8 Å². The van der Waals surface area contributed by atoms with Crippen LogP contribution in [0.2, 0.25) is 0 Å². The van der Waals surface area contributed by atoms with Gasteiger partial charge in [0.15, 0.2) is 0 Å². The predicted molar refractivity (Wildman–Crippen MR) is 90.7 cm³/mol. The van der Waals surface area contributed by atoms with Crippen molar-refractivity contribution in [1.82, 2.24) is 10.3 Å². The molecule has 0 fully saturated rings. The molecule has 2 rings (SSSR count). The van der Waals surface area contributed by atoms with Crippen molar-refractivity contribution in [2.45, 2.75) is 26.3 Å². The molecule has 1 aromatic carbocycles. The second kappa shape index (κ2) is 7.31. The first-order valence-electron chi connectivity index (χ1n) is 7.15. The van der Waals surface area contributed by atoms with E-state index in [1.54, 1.807) is 6.07 Å². The number of rotatable bonds is 6. The molecule has 0 radical (unpaired) electrons. The van der Waals surface area contributed by atoms with Gasteiger partial charge in [-0.25, -0.2) is 4.98 Å². The molecule has 2 aromatic rings. The van der Waals surface area contributed by atoms with Crippen molar-refractivity contribution in [1.29, 1.82) is 0 Å². The van der Waals surface area contributed by atoms with Crippen LogP contribution in [0.4, 0.5) is 5.82 Å². The largest absolute Gasteiger partial charge is 0.384 e. The normalized spacial score (nSPS) is 12.3. The molecular weight excluding hydrogens is 282 g/mol. The number of fused-ring (bicyclic) bond motifs is 1. The van der Waals surface area contributed by atoms with Crippen molar-refractivity contribution < 1.29 is 4.79 Å². The van der Waals surface area contributed by atoms with Gasteiger partial charge in [-0.2, -0.15) is 11.8 Å². The Balaban J connectivity index is 2.15. The monoisotopic (exact) mass is 303 g/mol. The van der Waals surface area contributed by atoms with Gasteiger partial charge in [0, 0.05) is 11.4 Å². The second-order valence-corrected chi connectivity index (χ2v) is 6.37. The first-order chi connectivity index (χ1) is 10.1. The van der Waals surface area contributed by atoms with Crippen LogP contribution in [-0.2, 0) is 0 Å². The lowest BCUT2D eigenvalue weighted by Crippen LogP contribution is -2.33. The van der Waals surface area contributed by atoms with Crippen LogP contribution in [0.3, 0.4) is 0 Å². The highest BCUT2D eigenvalue weighted by molar-refractivity contribution is 7.99. The minimum atomic E-state index is -0.0886. The number of thioether (sulfide) groups is 1. The third-order valence-electron chi connectivity index (χ3n) is 3.26. The highest BCUT2D eigenvalue weighted by atomic mass is 32.2. The minimum absolute atomic E-state index is 0.0886. The summed E-state index contributed by atoms with van der Waals surface area (Å²) in [5, 5.41) is 3.87. The van der Waals surface area contributed by atoms with Gasteiger partial charge in [-0.3, -0.25) is 4.79 Å². The number of anilines is 1. The van der Waals surface area contributed by atoms with Crippen LogP contribution < -0.4 is 11.1 Å². The van der Waals surface area contributed by atoms with Crippen molar-refractivity contribution in [3.05, 3.63) is 35.9 Å². The van der Waals surface area contributed by atoms with Crippen LogP contribution in [-0.4, -0.2) is 28.4 Å². The van der Waals surface area contributed by atoms with Gasteiger partial charge in [-0.1, -0.05) is 25.1 Å². The van der Waals surface area contributed by atoms with Crippen LogP contribution in [0.25, 0.3) is 10.9 Å². The average molecular weight is 303 g/mol. The Hall–Kier alpha value is -1.75. The quantitative estimate of drug-likeness (QED) is 0.805. The number of para-hydroxylation sites is 1. The topological polar surface area (TPSA) is 68.0 Å². The molecule has 3 N–H and O–H groups in total. The van der Waals surface area contributed by atoms with Crippen LogP contribution in [0, 0.1) is 0 Å². The lowest BCUT2D eigenvalue weighted by atomic mass is 10.1. The molecule has 1 heterocycles. The summed E-state index contributed by atoms with van der Waals surface area (Å²) in [7, 11) is 0. The summed E-state index contributed by atoms with van der Waals surface area (Å²) in [6.45, 7) is 4.17. The van der Waals surface area contributed by atoms with Crippen molar-refractivity contribution in [3.63, 3.8) is 0 Å². The molecule has 0 spiro atoms. The maximum absolute atomic E-state index is 12.5. The lowest BCUT2D eigenvalue weighted by molar-refractivity contribution is 0.0941. The summed E-state index contributed by atoms with van der Waals surface area (Å²) in [6.07, 6.45) is 0.961. The number of carbonyl (C=O) groups is 1. The molecule has 4 nitrogen and oxygen atoms in total. The first-order valence-corrected chi connectivity index (χ1v) is 8.31. The summed E-state index contributed by atoms with van der Waals surface area (Å²) in [4.78, 5) is 16.7. The zero-order valence-electron chi connectivity index (χ0n) is 12.4. The fourth-order valence-corrected chi connectivity index (χ4v) is 2.97. The Kier molecular flexibility index (Phi) is 5.44. The number of amides is 1. The molecule has 0 aliphatic carbocycles. The molecule has 0 bridgehead atoms. The Morgan fingerprint density at radius 2 is 2.19 bits per heavy atom. The number of hydrogen-bond acceptors (Lipinski definition) is 4. The zero-order chi connectivity index (χ0) is 15.2. The van der Waals surface area contributed by atoms with E-state index in [4.69, 9.17) is 5.73 Å². The van der Waals surface area contributed by atoms with E-state index in [2.05, 4.69) is 17.2 Å². The van der Waals surface area contributed by atoms with Crippen molar-refractivity contribution in [2.75, 3.05) is 17.2 Å². The molecular formula is C16H21N3OS. The van der Waals surface area contributed by atoms with Crippen LogP contribution >= 0.6 is 11.8 Å². The molecule has 1 atom stereocenters. The Morgan fingerprint density at radius 3 is 2.95 bits per heavy atom. The molecule has 1 amide bonds. The number of hydrogen-bond donors (Lipinski definition) is 2. The fourth-order valence-electron chi connectivity index (χ4n) is 2.16. The van der Waals surface area contributed by atoms with E-state index in [1.807, 2.05) is 43.0 Å². The highest BCUT2D eigenvalue weighted by Gasteiger charge is 2.14. The molecule has 0 saturated carbocycles. The third kappa shape index (κ3) is 4.11. The minimum Gasteiger partial charge on any atom is -0.384 e. The maximum Gasteiger partial charge on any atom is 0.252 e. The van der Waals surface area contributed by atoms with E-state index in [1.165, 1.54) is 0 Å².